The van der Waals surface area contributed by atoms with Crippen LogP contribution in [0.5, 0.6) is 0 Å². The smallest absolute Gasteiger partial charge is 0.0494 e. The first-order valence-corrected chi connectivity index (χ1v) is 5.92. The van der Waals surface area contributed by atoms with Gasteiger partial charge in [0, 0.05) is 13.2 Å². The second-order valence-electron chi connectivity index (χ2n) is 3.01. The zero-order valence-corrected chi connectivity index (χ0v) is 10.4. The van der Waals surface area contributed by atoms with Gasteiger partial charge < -0.3 is 4.74 Å². The first-order chi connectivity index (χ1) is 6.34. The molecule has 0 saturated carbocycles. The van der Waals surface area contributed by atoms with Crippen molar-refractivity contribution in [2.24, 2.45) is 11.8 Å². The average Bonchev–Trinajstić information content (AvgIpc) is 2.24. The molecule has 0 spiro atoms. The van der Waals surface area contributed by atoms with E-state index in [1.807, 2.05) is 27.7 Å². The molecule has 1 aliphatic rings. The molecule has 0 amide bonds. The molecule has 1 fully saturated rings. The van der Waals surface area contributed by atoms with E-state index < -0.39 is 0 Å². The summed E-state index contributed by atoms with van der Waals surface area (Å²) in [5.41, 5.74) is 0. The fourth-order valence-corrected chi connectivity index (χ4v) is 1.53. The average molecular weight is 188 g/mol. The molecule has 0 aromatic carbocycles. The van der Waals surface area contributed by atoms with Crippen LogP contribution in [0.2, 0.25) is 0 Å². The summed E-state index contributed by atoms with van der Waals surface area (Å²) in [6.07, 6.45) is 2.60. The van der Waals surface area contributed by atoms with Crippen LogP contribution in [0.4, 0.5) is 0 Å². The fraction of sp³-hybridized carbons (Fsp3) is 1.00. The van der Waals surface area contributed by atoms with Crippen molar-refractivity contribution in [3.8, 4) is 0 Å². The lowest BCUT2D eigenvalue weighted by atomic mass is 9.88. The summed E-state index contributed by atoms with van der Waals surface area (Å²) in [5, 5.41) is 0. The van der Waals surface area contributed by atoms with E-state index in [-0.39, 0.29) is 0 Å². The second-order valence-corrected chi connectivity index (χ2v) is 3.01. The van der Waals surface area contributed by atoms with Gasteiger partial charge in [0.15, 0.2) is 0 Å². The van der Waals surface area contributed by atoms with Crippen LogP contribution in [0.15, 0.2) is 0 Å². The quantitative estimate of drug-likeness (QED) is 0.601. The maximum absolute atomic E-state index is 5.31. The largest absolute Gasteiger partial charge is 0.381 e. The van der Waals surface area contributed by atoms with Gasteiger partial charge in [0.25, 0.3) is 0 Å². The van der Waals surface area contributed by atoms with Gasteiger partial charge in [-0.2, -0.15) is 0 Å². The van der Waals surface area contributed by atoms with Crippen LogP contribution in [0.3, 0.4) is 0 Å². The monoisotopic (exact) mass is 188 g/mol. The van der Waals surface area contributed by atoms with Crippen LogP contribution in [0, 0.1) is 11.8 Å². The Morgan fingerprint density at radius 2 is 1.69 bits per heavy atom. The van der Waals surface area contributed by atoms with Crippen molar-refractivity contribution in [1.82, 2.24) is 0 Å². The summed E-state index contributed by atoms with van der Waals surface area (Å²) in [7, 11) is 0. The van der Waals surface area contributed by atoms with E-state index >= 15 is 0 Å². The van der Waals surface area contributed by atoms with E-state index in [0.29, 0.717) is 0 Å². The molecule has 1 saturated heterocycles. The molecule has 1 nitrogen and oxygen atoms in total. The summed E-state index contributed by atoms with van der Waals surface area (Å²) in [6.45, 7) is 14.5. The van der Waals surface area contributed by atoms with E-state index in [1.54, 1.807) is 0 Å². The Kier molecular flexibility index (Phi) is 14.2. The fourth-order valence-electron chi connectivity index (χ4n) is 1.53. The molecular weight excluding hydrogens is 160 g/mol. The minimum absolute atomic E-state index is 0.795. The SMILES string of the molecule is CC.CC.CCC1CCOCC1C. The van der Waals surface area contributed by atoms with Gasteiger partial charge in [0.05, 0.1) is 0 Å². The van der Waals surface area contributed by atoms with E-state index in [1.165, 1.54) is 12.8 Å². The third kappa shape index (κ3) is 7.06. The molecule has 1 heterocycles. The molecule has 0 N–H and O–H groups in total. The van der Waals surface area contributed by atoms with Crippen molar-refractivity contribution in [1.29, 1.82) is 0 Å². The number of hydrogen-bond donors (Lipinski definition) is 0. The minimum Gasteiger partial charge on any atom is -0.381 e. The normalized spacial score (nSPS) is 26.3. The predicted octanol–water partition coefficient (Wildman–Crippen LogP) is 4.12. The molecule has 0 aromatic heterocycles. The molecule has 1 heteroatoms. The van der Waals surface area contributed by atoms with Gasteiger partial charge in [-0.15, -0.1) is 0 Å². The highest BCUT2D eigenvalue weighted by Gasteiger charge is 2.19. The van der Waals surface area contributed by atoms with Gasteiger partial charge in [0.2, 0.25) is 0 Å². The predicted molar refractivity (Wildman–Crippen MR) is 61.1 cm³/mol. The second kappa shape index (κ2) is 12.0. The summed E-state index contributed by atoms with van der Waals surface area (Å²) in [4.78, 5) is 0. The molecule has 0 aromatic rings. The van der Waals surface area contributed by atoms with Crippen molar-refractivity contribution < 1.29 is 4.74 Å². The molecule has 0 radical (unpaired) electrons. The first-order valence-electron chi connectivity index (χ1n) is 5.92. The van der Waals surface area contributed by atoms with Crippen molar-refractivity contribution in [3.63, 3.8) is 0 Å². The van der Waals surface area contributed by atoms with Crippen LogP contribution in [-0.4, -0.2) is 13.2 Å². The van der Waals surface area contributed by atoms with Crippen molar-refractivity contribution in [3.05, 3.63) is 0 Å². The lowest BCUT2D eigenvalue weighted by Crippen LogP contribution is -2.24. The van der Waals surface area contributed by atoms with Crippen LogP contribution in [0.25, 0.3) is 0 Å². The van der Waals surface area contributed by atoms with Gasteiger partial charge in [-0.1, -0.05) is 48.0 Å². The Hall–Kier alpha value is -0.0400. The Morgan fingerprint density at radius 1 is 1.15 bits per heavy atom. The van der Waals surface area contributed by atoms with Crippen LogP contribution >= 0.6 is 0 Å². The Bertz CT molecular complexity index is 81.2. The lowest BCUT2D eigenvalue weighted by Gasteiger charge is -2.27. The van der Waals surface area contributed by atoms with Gasteiger partial charge in [0.1, 0.15) is 0 Å². The Labute approximate surface area is 84.9 Å². The van der Waals surface area contributed by atoms with Gasteiger partial charge in [-0.25, -0.2) is 0 Å². The zero-order valence-electron chi connectivity index (χ0n) is 10.4. The maximum Gasteiger partial charge on any atom is 0.0494 e. The van der Waals surface area contributed by atoms with E-state index in [0.717, 1.165) is 25.0 Å². The Balaban J connectivity index is 0. The van der Waals surface area contributed by atoms with Crippen LogP contribution in [-0.2, 0) is 4.74 Å². The summed E-state index contributed by atoms with van der Waals surface area (Å²) in [5.74, 6) is 1.72. The summed E-state index contributed by atoms with van der Waals surface area (Å²) < 4.78 is 5.31. The molecule has 13 heavy (non-hydrogen) atoms. The molecule has 1 aliphatic heterocycles. The van der Waals surface area contributed by atoms with E-state index in [4.69, 9.17) is 4.74 Å². The highest BCUT2D eigenvalue weighted by Crippen LogP contribution is 2.23. The molecule has 0 bridgehead atoms. The number of ether oxygens (including phenoxy) is 1. The minimum atomic E-state index is 0.795. The van der Waals surface area contributed by atoms with E-state index in [2.05, 4.69) is 13.8 Å². The van der Waals surface area contributed by atoms with Crippen LogP contribution in [0.1, 0.15) is 54.4 Å². The molecule has 2 unspecified atom stereocenters. The highest BCUT2D eigenvalue weighted by atomic mass is 16.5. The van der Waals surface area contributed by atoms with Crippen molar-refractivity contribution in [2.75, 3.05) is 13.2 Å². The summed E-state index contributed by atoms with van der Waals surface area (Å²) >= 11 is 0. The number of hydrogen-bond acceptors (Lipinski definition) is 1. The van der Waals surface area contributed by atoms with Gasteiger partial charge in [-0.05, 0) is 18.3 Å². The molecule has 1 rings (SSSR count). The summed E-state index contributed by atoms with van der Waals surface area (Å²) in [6, 6.07) is 0. The molecule has 0 aliphatic carbocycles. The van der Waals surface area contributed by atoms with Gasteiger partial charge in [-0.3, -0.25) is 0 Å². The lowest BCUT2D eigenvalue weighted by molar-refractivity contribution is 0.0232. The molecule has 2 atom stereocenters. The topological polar surface area (TPSA) is 9.23 Å². The van der Waals surface area contributed by atoms with E-state index in [9.17, 15) is 0 Å². The standard InChI is InChI=1S/C8H16O.2C2H6/c1-3-8-4-5-9-6-7(8)2;2*1-2/h7-8H,3-6H2,1-2H3;2*1-2H3. The zero-order chi connectivity index (χ0) is 10.7. The first kappa shape index (κ1) is 15.4. The van der Waals surface area contributed by atoms with Gasteiger partial charge >= 0.3 is 0 Å². The third-order valence-corrected chi connectivity index (χ3v) is 2.34. The Morgan fingerprint density at radius 3 is 2.00 bits per heavy atom. The maximum atomic E-state index is 5.31. The third-order valence-electron chi connectivity index (χ3n) is 2.34. The van der Waals surface area contributed by atoms with Crippen LogP contribution < -0.4 is 0 Å². The highest BCUT2D eigenvalue weighted by molar-refractivity contribution is 4.68. The molecular formula is C12H28O. The molecule has 82 valence electrons. The van der Waals surface area contributed by atoms with Crippen molar-refractivity contribution >= 4 is 0 Å². The van der Waals surface area contributed by atoms with Crippen molar-refractivity contribution in [2.45, 2.75) is 54.4 Å². The number of rotatable bonds is 1.